The van der Waals surface area contributed by atoms with Gasteiger partial charge in [0.15, 0.2) is 22.6 Å². The summed E-state index contributed by atoms with van der Waals surface area (Å²) < 4.78 is 0. The van der Waals surface area contributed by atoms with Crippen LogP contribution in [0.25, 0.3) is 76.5 Å². The minimum Gasteiger partial charge on any atom is -0.308 e. The second-order valence-electron chi connectivity index (χ2n) is 16.8. The number of nitrogens with zero attached hydrogens (tertiary/aromatic N) is 10. The number of fused-ring (bicyclic) bond motifs is 4. The molecule has 0 saturated heterocycles. The van der Waals surface area contributed by atoms with Crippen molar-refractivity contribution in [2.75, 3.05) is 9.80 Å². The van der Waals surface area contributed by atoms with Crippen LogP contribution in [0, 0.1) is 0 Å². The van der Waals surface area contributed by atoms with Crippen LogP contribution in [0.2, 0.25) is 0 Å². The molecule has 0 fully saturated rings. The molecule has 0 unspecified atom stereocenters. The molecule has 0 spiro atoms. The Morgan fingerprint density at radius 1 is 0.297 bits per heavy atom. The first-order valence-corrected chi connectivity index (χ1v) is 21.6. The largest absolute Gasteiger partial charge is 0.308 e. The van der Waals surface area contributed by atoms with Gasteiger partial charge >= 0.3 is 0 Å². The molecule has 12 rings (SSSR count). The Hall–Kier alpha value is -8.24. The predicted octanol–water partition coefficient (Wildman–Crippen LogP) is 13.5. The molecule has 0 N–H and O–H groups in total. The van der Waals surface area contributed by atoms with Gasteiger partial charge in [-0.3, -0.25) is 0 Å². The summed E-state index contributed by atoms with van der Waals surface area (Å²) in [5.74, 6) is 0.396. The number of pyridine rings is 8. The van der Waals surface area contributed by atoms with Crippen molar-refractivity contribution in [3.63, 3.8) is 0 Å². The summed E-state index contributed by atoms with van der Waals surface area (Å²) in [5, 5.41) is 10.9. The fourth-order valence-electron chi connectivity index (χ4n) is 9.77. The lowest BCUT2D eigenvalue weighted by Gasteiger charge is -2.32. The van der Waals surface area contributed by atoms with Crippen molar-refractivity contribution in [1.29, 1.82) is 0 Å². The molecular formula is C54H40N10. The van der Waals surface area contributed by atoms with Crippen LogP contribution in [0.3, 0.4) is 0 Å². The van der Waals surface area contributed by atoms with E-state index in [1.807, 2.05) is 49.1 Å². The topological polar surface area (TPSA) is 110 Å². The van der Waals surface area contributed by atoms with Crippen molar-refractivity contribution in [1.82, 2.24) is 39.9 Å². The lowest BCUT2D eigenvalue weighted by Crippen LogP contribution is -2.14. The van der Waals surface area contributed by atoms with E-state index in [0.717, 1.165) is 66.4 Å². The molecular weight excluding hydrogens is 789 g/mol. The van der Waals surface area contributed by atoms with E-state index in [9.17, 15) is 0 Å². The molecule has 0 bridgehead atoms. The van der Waals surface area contributed by atoms with E-state index in [1.54, 1.807) is 24.8 Å². The van der Waals surface area contributed by atoms with Gasteiger partial charge < -0.3 is 9.80 Å². The predicted molar refractivity (Wildman–Crippen MR) is 260 cm³/mol. The molecule has 0 aliphatic carbocycles. The van der Waals surface area contributed by atoms with Gasteiger partial charge in [0.2, 0.25) is 0 Å². The van der Waals surface area contributed by atoms with Crippen molar-refractivity contribution in [2.45, 2.75) is 39.5 Å². The third kappa shape index (κ3) is 5.72. The fourth-order valence-corrected chi connectivity index (χ4v) is 9.77. The standard InChI is InChI=1S/C54H40N10/c1-31(2)41-29-47(63(43-17-25-59-51-37(43)9-5-21-55-51)44-18-26-60-52-38(44)10-6-22-56-52)35-16-14-34-42(32(3)4)30-48(36-15-13-33(41)49(35)50(34)36)64(45-19-27-61-53-39(45)11-7-23-57-53)46-20-28-62-54-40(46)12-8-24-58-54/h5-32H,1-4H3. The number of hydrogen-bond acceptors (Lipinski definition) is 10. The Balaban J connectivity index is 1.24. The zero-order valence-electron chi connectivity index (χ0n) is 35.6. The minimum atomic E-state index is 0.198. The Morgan fingerprint density at radius 2 is 0.578 bits per heavy atom. The summed E-state index contributed by atoms with van der Waals surface area (Å²) in [5.41, 5.74) is 11.1. The summed E-state index contributed by atoms with van der Waals surface area (Å²) in [6.45, 7) is 9.15. The number of aromatic nitrogens is 8. The highest BCUT2D eigenvalue weighted by Crippen LogP contribution is 2.52. The van der Waals surface area contributed by atoms with Crippen LogP contribution < -0.4 is 9.80 Å². The maximum Gasteiger partial charge on any atom is 0.161 e. The molecule has 8 heterocycles. The average Bonchev–Trinajstić information content (AvgIpc) is 3.34. The molecule has 0 atom stereocenters. The average molecular weight is 829 g/mol. The highest BCUT2D eigenvalue weighted by molar-refractivity contribution is 6.30. The lowest BCUT2D eigenvalue weighted by molar-refractivity contribution is 0.875. The number of anilines is 6. The highest BCUT2D eigenvalue weighted by atomic mass is 15.2. The Labute approximate surface area is 368 Å². The molecule has 0 aliphatic heterocycles. The van der Waals surface area contributed by atoms with Crippen LogP contribution in [-0.2, 0) is 0 Å². The molecule has 10 nitrogen and oxygen atoms in total. The van der Waals surface area contributed by atoms with Crippen LogP contribution >= 0.6 is 0 Å². The van der Waals surface area contributed by atoms with Gasteiger partial charge in [-0.2, -0.15) is 0 Å². The maximum atomic E-state index is 4.71. The molecule has 0 aliphatic rings. The molecule has 10 heteroatoms. The van der Waals surface area contributed by atoms with E-state index < -0.39 is 0 Å². The molecule has 64 heavy (non-hydrogen) atoms. The summed E-state index contributed by atoms with van der Waals surface area (Å²) in [6.07, 6.45) is 14.6. The number of benzene rings is 4. The van der Waals surface area contributed by atoms with Gasteiger partial charge in [0.25, 0.3) is 0 Å². The van der Waals surface area contributed by atoms with Crippen LogP contribution in [0.15, 0.2) is 159 Å². The van der Waals surface area contributed by atoms with E-state index >= 15 is 0 Å². The lowest BCUT2D eigenvalue weighted by atomic mass is 9.84. The first-order chi connectivity index (χ1) is 31.4. The number of rotatable bonds is 8. The van der Waals surface area contributed by atoms with Gasteiger partial charge in [-0.1, -0.05) is 52.0 Å². The summed E-state index contributed by atoms with van der Waals surface area (Å²) in [6, 6.07) is 38.8. The Morgan fingerprint density at radius 3 is 0.875 bits per heavy atom. The van der Waals surface area contributed by atoms with Crippen molar-refractivity contribution < 1.29 is 0 Å². The van der Waals surface area contributed by atoms with Crippen molar-refractivity contribution >= 4 is 111 Å². The first kappa shape index (κ1) is 37.5. The van der Waals surface area contributed by atoms with E-state index in [4.69, 9.17) is 39.9 Å². The summed E-state index contributed by atoms with van der Waals surface area (Å²) in [4.78, 5) is 42.4. The maximum absolute atomic E-state index is 4.71. The molecule has 8 aromatic heterocycles. The third-order valence-electron chi connectivity index (χ3n) is 12.6. The van der Waals surface area contributed by atoms with Gasteiger partial charge in [0, 0.05) is 81.9 Å². The zero-order chi connectivity index (χ0) is 43.1. The Bertz CT molecular complexity index is 3360. The zero-order valence-corrected chi connectivity index (χ0v) is 35.6. The second kappa shape index (κ2) is 14.7. The highest BCUT2D eigenvalue weighted by Gasteiger charge is 2.28. The van der Waals surface area contributed by atoms with Crippen molar-refractivity contribution in [3.8, 4) is 0 Å². The molecule has 4 aromatic carbocycles. The van der Waals surface area contributed by atoms with Gasteiger partial charge in [-0.05, 0) is 129 Å². The minimum absolute atomic E-state index is 0.198. The van der Waals surface area contributed by atoms with Gasteiger partial charge in [-0.25, -0.2) is 39.9 Å². The first-order valence-electron chi connectivity index (χ1n) is 21.6. The van der Waals surface area contributed by atoms with E-state index in [2.05, 4.69) is 122 Å². The van der Waals surface area contributed by atoms with Gasteiger partial charge in [-0.15, -0.1) is 0 Å². The normalized spacial score (nSPS) is 12.0. The van der Waals surface area contributed by atoms with Crippen LogP contribution in [-0.4, -0.2) is 39.9 Å². The van der Waals surface area contributed by atoms with Gasteiger partial charge in [0.05, 0.1) is 34.1 Å². The second-order valence-corrected chi connectivity index (χ2v) is 16.8. The van der Waals surface area contributed by atoms with Crippen molar-refractivity contribution in [2.24, 2.45) is 0 Å². The van der Waals surface area contributed by atoms with Crippen molar-refractivity contribution in [3.05, 3.63) is 170 Å². The van der Waals surface area contributed by atoms with E-state index in [0.29, 0.717) is 22.6 Å². The summed E-state index contributed by atoms with van der Waals surface area (Å²) in [7, 11) is 0. The van der Waals surface area contributed by atoms with E-state index in [-0.39, 0.29) is 11.8 Å². The molecule has 0 saturated carbocycles. The summed E-state index contributed by atoms with van der Waals surface area (Å²) >= 11 is 0. The Kier molecular flexibility index (Phi) is 8.62. The molecule has 0 radical (unpaired) electrons. The quantitative estimate of drug-likeness (QED) is 0.137. The number of hydrogen-bond donors (Lipinski definition) is 0. The monoisotopic (exact) mass is 828 g/mol. The van der Waals surface area contributed by atoms with Crippen LogP contribution in [0.4, 0.5) is 34.1 Å². The fraction of sp³-hybridized carbons (Fsp3) is 0.111. The SMILES string of the molecule is CC(C)c1cc(N(c2ccnc3ncccc23)c2ccnc3ncccc23)c2ccc3c(C(C)C)cc(N(c4ccnc5ncccc45)c4ccnc5ncccc45)c4ccc1c2c34. The van der Waals surface area contributed by atoms with Crippen LogP contribution in [0.5, 0.6) is 0 Å². The smallest absolute Gasteiger partial charge is 0.161 e. The molecule has 12 aromatic rings. The van der Waals surface area contributed by atoms with E-state index in [1.165, 1.54) is 32.7 Å². The molecule has 306 valence electrons. The van der Waals surface area contributed by atoms with Crippen LogP contribution in [0.1, 0.15) is 50.7 Å². The van der Waals surface area contributed by atoms with Gasteiger partial charge in [0.1, 0.15) is 0 Å². The molecule has 0 amide bonds. The third-order valence-corrected chi connectivity index (χ3v) is 12.6.